The van der Waals surface area contributed by atoms with E-state index in [0.717, 1.165) is 11.1 Å². The first-order valence-electron chi connectivity index (χ1n) is 9.95. The monoisotopic (exact) mass is 451 g/mol. The van der Waals surface area contributed by atoms with E-state index >= 15 is 0 Å². The molecule has 0 bridgehead atoms. The molecule has 2 aliphatic heterocycles. The van der Waals surface area contributed by atoms with E-state index in [1.165, 1.54) is 0 Å². The Labute approximate surface area is 190 Å². The van der Waals surface area contributed by atoms with Crippen molar-refractivity contribution in [1.82, 2.24) is 9.88 Å². The highest BCUT2D eigenvalue weighted by Crippen LogP contribution is 2.56. The quantitative estimate of drug-likeness (QED) is 0.582. The van der Waals surface area contributed by atoms with Crippen molar-refractivity contribution >= 4 is 40.6 Å². The van der Waals surface area contributed by atoms with E-state index in [-0.39, 0.29) is 17.6 Å². The molecule has 3 atom stereocenters. The van der Waals surface area contributed by atoms with Gasteiger partial charge in [-0.05, 0) is 55.1 Å². The van der Waals surface area contributed by atoms with Crippen molar-refractivity contribution < 1.29 is 9.59 Å². The largest absolute Gasteiger partial charge is 0.324 e. The minimum atomic E-state index is -1.17. The number of hydrogen-bond acceptors (Lipinski definition) is 4. The van der Waals surface area contributed by atoms with E-state index in [2.05, 4.69) is 10.3 Å². The second kappa shape index (κ2) is 7.45. The number of nitrogens with zero attached hydrogens (tertiary/aromatic N) is 2. The Morgan fingerprint density at radius 1 is 1.13 bits per heavy atom. The van der Waals surface area contributed by atoms with Crippen LogP contribution in [0.3, 0.4) is 0 Å². The van der Waals surface area contributed by atoms with Crippen LogP contribution in [0.5, 0.6) is 0 Å². The molecule has 0 saturated carbocycles. The molecule has 0 radical (unpaired) electrons. The summed E-state index contributed by atoms with van der Waals surface area (Å²) in [7, 11) is 1.88. The summed E-state index contributed by atoms with van der Waals surface area (Å²) in [5, 5.41) is 4.12. The maximum Gasteiger partial charge on any atom is 0.250 e. The van der Waals surface area contributed by atoms with E-state index in [9.17, 15) is 9.59 Å². The molecule has 1 spiro atoms. The number of nitrogens with one attached hydrogen (secondary N) is 1. The summed E-state index contributed by atoms with van der Waals surface area (Å²) in [5.74, 6) is -1.22. The van der Waals surface area contributed by atoms with Crippen LogP contribution in [0, 0.1) is 5.92 Å². The van der Waals surface area contributed by atoms with Gasteiger partial charge in [0.15, 0.2) is 5.78 Å². The first kappa shape index (κ1) is 20.2. The van der Waals surface area contributed by atoms with Crippen molar-refractivity contribution in [1.29, 1.82) is 0 Å². The second-order valence-corrected chi connectivity index (χ2v) is 8.91. The molecule has 0 unspecified atom stereocenters. The van der Waals surface area contributed by atoms with Crippen molar-refractivity contribution in [3.8, 4) is 0 Å². The van der Waals surface area contributed by atoms with Crippen LogP contribution in [-0.4, -0.2) is 35.2 Å². The van der Waals surface area contributed by atoms with Gasteiger partial charge >= 0.3 is 0 Å². The molecule has 5 rings (SSSR count). The maximum absolute atomic E-state index is 13.9. The zero-order valence-electron chi connectivity index (χ0n) is 16.7. The number of pyridine rings is 1. The van der Waals surface area contributed by atoms with E-state index in [4.69, 9.17) is 23.2 Å². The summed E-state index contributed by atoms with van der Waals surface area (Å²) in [4.78, 5) is 33.6. The molecular weight excluding hydrogens is 433 g/mol. The lowest BCUT2D eigenvalue weighted by molar-refractivity contribution is -0.126. The highest BCUT2D eigenvalue weighted by molar-refractivity contribution is 6.31. The zero-order valence-corrected chi connectivity index (χ0v) is 18.2. The number of anilines is 1. The number of carbonyl (C=O) groups excluding carboxylic acids is 2. The highest BCUT2D eigenvalue weighted by atomic mass is 35.5. The van der Waals surface area contributed by atoms with Crippen molar-refractivity contribution in [2.45, 2.75) is 11.5 Å². The fourth-order valence-electron chi connectivity index (χ4n) is 5.11. The lowest BCUT2D eigenvalue weighted by Crippen LogP contribution is -2.51. The first-order valence-corrected chi connectivity index (χ1v) is 10.7. The fourth-order valence-corrected chi connectivity index (χ4v) is 5.41. The van der Waals surface area contributed by atoms with Crippen LogP contribution in [0.1, 0.15) is 27.4 Å². The van der Waals surface area contributed by atoms with E-state index in [1.807, 2.05) is 36.2 Å². The number of amides is 1. The number of carbonyl (C=O) groups is 2. The van der Waals surface area contributed by atoms with Gasteiger partial charge in [0.25, 0.3) is 0 Å². The third-order valence-electron chi connectivity index (χ3n) is 6.44. The topological polar surface area (TPSA) is 62.3 Å². The summed E-state index contributed by atoms with van der Waals surface area (Å²) in [5.41, 5.74) is 1.67. The predicted octanol–water partition coefficient (Wildman–Crippen LogP) is 4.76. The van der Waals surface area contributed by atoms with Crippen LogP contribution < -0.4 is 5.32 Å². The van der Waals surface area contributed by atoms with Gasteiger partial charge < -0.3 is 5.32 Å². The fraction of sp³-hybridized carbons (Fsp3) is 0.208. The summed E-state index contributed by atoms with van der Waals surface area (Å²) in [6.45, 7) is 0.525. The Kier molecular flexibility index (Phi) is 4.85. The number of halogens is 2. The second-order valence-electron chi connectivity index (χ2n) is 8.03. The molecule has 1 amide bonds. The minimum Gasteiger partial charge on any atom is -0.324 e. The number of fused-ring (bicyclic) bond motifs is 2. The van der Waals surface area contributed by atoms with Gasteiger partial charge in [-0.15, -0.1) is 0 Å². The molecule has 31 heavy (non-hydrogen) atoms. The first-order chi connectivity index (χ1) is 14.9. The number of rotatable bonds is 3. The number of ketones is 1. The molecule has 3 heterocycles. The van der Waals surface area contributed by atoms with Gasteiger partial charge in [0, 0.05) is 51.7 Å². The Morgan fingerprint density at radius 2 is 1.87 bits per heavy atom. The van der Waals surface area contributed by atoms with Gasteiger partial charge in [-0.25, -0.2) is 0 Å². The van der Waals surface area contributed by atoms with Crippen LogP contribution in [0.4, 0.5) is 5.69 Å². The standard InChI is InChI=1S/C24H19Cl2N3O2/c1-29-13-18(14-4-6-16(25)7-5-14)21(22(30)15-3-2-10-27-12-15)24(29)19-11-17(26)8-9-20(19)28-23(24)31/h2-12,18,21H,13H2,1H3,(H,28,31)/t18-,21-,24+/m1/s1. The lowest BCUT2D eigenvalue weighted by atomic mass is 9.70. The highest BCUT2D eigenvalue weighted by Gasteiger charge is 2.64. The number of likely N-dealkylation sites (tertiary alicyclic amines) is 1. The zero-order chi connectivity index (χ0) is 21.8. The van der Waals surface area contributed by atoms with E-state index in [1.54, 1.807) is 42.7 Å². The van der Waals surface area contributed by atoms with Crippen LogP contribution in [0.15, 0.2) is 67.0 Å². The van der Waals surface area contributed by atoms with Crippen LogP contribution in [0.2, 0.25) is 10.0 Å². The lowest BCUT2D eigenvalue weighted by Gasteiger charge is -2.35. The molecule has 1 fully saturated rings. The Hall–Kier alpha value is -2.73. The molecule has 1 aromatic heterocycles. The van der Waals surface area contributed by atoms with Gasteiger partial charge in [0.1, 0.15) is 5.54 Å². The number of benzene rings is 2. The van der Waals surface area contributed by atoms with Crippen molar-refractivity contribution in [3.63, 3.8) is 0 Å². The smallest absolute Gasteiger partial charge is 0.250 e. The van der Waals surface area contributed by atoms with Gasteiger partial charge in [0.2, 0.25) is 5.91 Å². The molecule has 1 saturated heterocycles. The Balaban J connectivity index is 1.74. The third-order valence-corrected chi connectivity index (χ3v) is 6.93. The van der Waals surface area contributed by atoms with Crippen LogP contribution in [-0.2, 0) is 10.3 Å². The van der Waals surface area contributed by atoms with E-state index < -0.39 is 11.5 Å². The van der Waals surface area contributed by atoms with Gasteiger partial charge in [-0.2, -0.15) is 0 Å². The predicted molar refractivity (Wildman–Crippen MR) is 121 cm³/mol. The normalized spacial score (nSPS) is 24.9. The molecule has 5 nitrogen and oxygen atoms in total. The molecule has 156 valence electrons. The van der Waals surface area contributed by atoms with E-state index in [0.29, 0.717) is 27.8 Å². The molecule has 3 aromatic rings. The van der Waals surface area contributed by atoms with Gasteiger partial charge in [-0.3, -0.25) is 19.5 Å². The van der Waals surface area contributed by atoms with Crippen LogP contribution >= 0.6 is 23.2 Å². The molecule has 0 aliphatic carbocycles. The van der Waals surface area contributed by atoms with Crippen molar-refractivity contribution in [2.24, 2.45) is 5.92 Å². The average molecular weight is 452 g/mol. The molecule has 1 N–H and O–H groups in total. The minimum absolute atomic E-state index is 0.125. The Morgan fingerprint density at radius 3 is 2.58 bits per heavy atom. The van der Waals surface area contributed by atoms with Crippen molar-refractivity contribution in [3.05, 3.63) is 93.7 Å². The maximum atomic E-state index is 13.9. The summed E-state index contributed by atoms with van der Waals surface area (Å²) >= 11 is 12.4. The SMILES string of the molecule is CN1C[C@H](c2ccc(Cl)cc2)[C@H](C(=O)c2cccnc2)[C@@]12C(=O)Nc1ccc(Cl)cc12. The number of hydrogen-bond donors (Lipinski definition) is 1. The average Bonchev–Trinajstić information content (AvgIpc) is 3.24. The van der Waals surface area contributed by atoms with Gasteiger partial charge in [0.05, 0.1) is 5.92 Å². The Bertz CT molecular complexity index is 1180. The summed E-state index contributed by atoms with van der Waals surface area (Å²) in [6, 6.07) is 16.3. The molecule has 7 heteroatoms. The number of aromatic nitrogens is 1. The summed E-state index contributed by atoms with van der Waals surface area (Å²) in [6.07, 6.45) is 3.18. The van der Waals surface area contributed by atoms with Crippen LogP contribution in [0.25, 0.3) is 0 Å². The molecular formula is C24H19Cl2N3O2. The third kappa shape index (κ3) is 2.99. The molecule has 2 aliphatic rings. The number of Topliss-reactive ketones (excluding diaryl/α,β-unsaturated/α-hetero) is 1. The summed E-state index contributed by atoms with van der Waals surface area (Å²) < 4.78 is 0. The van der Waals surface area contributed by atoms with Gasteiger partial charge in [-0.1, -0.05) is 35.3 Å². The molecule has 2 aromatic carbocycles. The number of likely N-dealkylation sites (N-methyl/N-ethyl adjacent to an activating group) is 1. The van der Waals surface area contributed by atoms with Crippen molar-refractivity contribution in [2.75, 3.05) is 18.9 Å².